The van der Waals surface area contributed by atoms with E-state index in [2.05, 4.69) is 5.32 Å². The Bertz CT molecular complexity index is 256. The van der Waals surface area contributed by atoms with Crippen LogP contribution in [0.2, 0.25) is 0 Å². The van der Waals surface area contributed by atoms with Crippen LogP contribution in [0.5, 0.6) is 0 Å². The second kappa shape index (κ2) is 6.23. The monoisotopic (exact) mass is 181 g/mol. The van der Waals surface area contributed by atoms with Gasteiger partial charge >= 0.3 is 0 Å². The van der Waals surface area contributed by atoms with Crippen molar-refractivity contribution in [3.63, 3.8) is 0 Å². The number of benzene rings is 1. The summed E-state index contributed by atoms with van der Waals surface area (Å²) in [6.45, 7) is 7.51. The van der Waals surface area contributed by atoms with E-state index in [9.17, 15) is 4.79 Å². The van der Waals surface area contributed by atoms with Crippen LogP contribution in [-0.2, 0) is 4.79 Å². The van der Waals surface area contributed by atoms with Gasteiger partial charge in [-0.2, -0.15) is 0 Å². The lowest BCUT2D eigenvalue weighted by molar-refractivity contribution is -0.114. The van der Waals surface area contributed by atoms with Crippen molar-refractivity contribution < 1.29 is 6.22 Å². The SMILES string of the molecule is CC.CC(=O)Nc1ccc(C)cc1.[HH]. The van der Waals surface area contributed by atoms with Crippen molar-refractivity contribution in [2.75, 3.05) is 5.32 Å². The van der Waals surface area contributed by atoms with Crippen LogP contribution in [0, 0.1) is 6.92 Å². The van der Waals surface area contributed by atoms with Gasteiger partial charge in [0.15, 0.2) is 0 Å². The van der Waals surface area contributed by atoms with Crippen LogP contribution in [0.4, 0.5) is 5.69 Å². The second-order valence-corrected chi connectivity index (χ2v) is 2.55. The van der Waals surface area contributed by atoms with Gasteiger partial charge in [-0.25, -0.2) is 0 Å². The molecule has 0 saturated carbocycles. The van der Waals surface area contributed by atoms with Gasteiger partial charge in [0.05, 0.1) is 0 Å². The van der Waals surface area contributed by atoms with Crippen LogP contribution >= 0.6 is 0 Å². The predicted octanol–water partition coefficient (Wildman–Crippen LogP) is 3.23. The molecule has 0 heterocycles. The topological polar surface area (TPSA) is 29.1 Å². The van der Waals surface area contributed by atoms with E-state index >= 15 is 0 Å². The van der Waals surface area contributed by atoms with E-state index in [1.165, 1.54) is 12.5 Å². The van der Waals surface area contributed by atoms with Gasteiger partial charge < -0.3 is 5.32 Å². The lowest BCUT2D eigenvalue weighted by atomic mass is 10.2. The molecule has 0 aliphatic carbocycles. The highest BCUT2D eigenvalue weighted by Crippen LogP contribution is 2.07. The van der Waals surface area contributed by atoms with Crippen LogP contribution in [-0.4, -0.2) is 5.91 Å². The zero-order valence-corrected chi connectivity index (χ0v) is 8.72. The molecule has 74 valence electrons. The van der Waals surface area contributed by atoms with Crippen molar-refractivity contribution in [1.29, 1.82) is 0 Å². The standard InChI is InChI=1S/C9H11NO.C2H6.H2/c1-7-3-5-9(6-4-7)10-8(2)11;1-2;/h3-6H,1-2H3,(H,10,11);1-2H3;1H. The Morgan fingerprint density at radius 2 is 1.69 bits per heavy atom. The third-order valence-electron chi connectivity index (χ3n) is 1.37. The van der Waals surface area contributed by atoms with Gasteiger partial charge in [-0.15, -0.1) is 0 Å². The molecule has 1 N–H and O–H groups in total. The number of amides is 1. The fraction of sp³-hybridized carbons (Fsp3) is 0.364. The first-order valence-corrected chi connectivity index (χ1v) is 4.53. The average molecular weight is 181 g/mol. The molecule has 0 saturated heterocycles. The summed E-state index contributed by atoms with van der Waals surface area (Å²) in [6, 6.07) is 7.70. The van der Waals surface area contributed by atoms with E-state index in [-0.39, 0.29) is 7.33 Å². The van der Waals surface area contributed by atoms with Gasteiger partial charge in [-0.3, -0.25) is 4.79 Å². The number of nitrogens with one attached hydrogen (secondary N) is 1. The summed E-state index contributed by atoms with van der Waals surface area (Å²) >= 11 is 0. The first kappa shape index (κ1) is 11.7. The molecule has 0 aromatic heterocycles. The molecule has 0 fully saturated rings. The number of anilines is 1. The molecule has 0 aliphatic rings. The highest BCUT2D eigenvalue weighted by Gasteiger charge is 1.92. The van der Waals surface area contributed by atoms with Crippen molar-refractivity contribution >= 4 is 11.6 Å². The molecule has 13 heavy (non-hydrogen) atoms. The van der Waals surface area contributed by atoms with E-state index in [1.807, 2.05) is 45.0 Å². The van der Waals surface area contributed by atoms with Crippen molar-refractivity contribution in [2.45, 2.75) is 27.7 Å². The molecule has 0 unspecified atom stereocenters. The number of rotatable bonds is 1. The molecule has 0 aliphatic heterocycles. The fourth-order valence-electron chi connectivity index (χ4n) is 0.840. The summed E-state index contributed by atoms with van der Waals surface area (Å²) in [5.74, 6) is -0.0335. The van der Waals surface area contributed by atoms with Crippen LogP contribution < -0.4 is 5.32 Å². The molecule has 1 rings (SSSR count). The van der Waals surface area contributed by atoms with Crippen LogP contribution in [0.3, 0.4) is 0 Å². The van der Waals surface area contributed by atoms with Gasteiger partial charge in [-0.05, 0) is 19.1 Å². The van der Waals surface area contributed by atoms with Gasteiger partial charge in [0.25, 0.3) is 0 Å². The highest BCUT2D eigenvalue weighted by molar-refractivity contribution is 5.88. The first-order valence-electron chi connectivity index (χ1n) is 4.53. The Morgan fingerprint density at radius 3 is 2.08 bits per heavy atom. The fourth-order valence-corrected chi connectivity index (χ4v) is 0.840. The van der Waals surface area contributed by atoms with E-state index in [0.717, 1.165) is 5.69 Å². The summed E-state index contributed by atoms with van der Waals surface area (Å²) in [7, 11) is 0. The zero-order chi connectivity index (χ0) is 10.3. The van der Waals surface area contributed by atoms with Crippen molar-refractivity contribution in [1.82, 2.24) is 0 Å². The molecule has 0 bridgehead atoms. The minimum atomic E-state index is -0.0335. The molecule has 0 spiro atoms. The minimum absolute atomic E-state index is 0. The van der Waals surface area contributed by atoms with Crippen LogP contribution in [0.25, 0.3) is 0 Å². The van der Waals surface area contributed by atoms with Gasteiger partial charge in [0.2, 0.25) is 5.91 Å². The Morgan fingerprint density at radius 1 is 1.23 bits per heavy atom. The Hall–Kier alpha value is -1.31. The molecule has 0 atom stereocenters. The summed E-state index contributed by atoms with van der Waals surface area (Å²) in [4.78, 5) is 10.6. The zero-order valence-electron chi connectivity index (χ0n) is 8.72. The molecule has 2 nitrogen and oxygen atoms in total. The number of hydrogen-bond acceptors (Lipinski definition) is 1. The lowest BCUT2D eigenvalue weighted by Gasteiger charge is -2.00. The summed E-state index contributed by atoms with van der Waals surface area (Å²) in [5.41, 5.74) is 2.04. The Labute approximate surface area is 81.5 Å². The summed E-state index contributed by atoms with van der Waals surface area (Å²) in [6.07, 6.45) is 0. The molecule has 0 radical (unpaired) electrons. The van der Waals surface area contributed by atoms with E-state index in [1.54, 1.807) is 0 Å². The lowest BCUT2D eigenvalue weighted by Crippen LogP contribution is -2.05. The quantitative estimate of drug-likeness (QED) is 0.708. The van der Waals surface area contributed by atoms with E-state index in [0.29, 0.717) is 0 Å². The average Bonchev–Trinajstić information content (AvgIpc) is 2.12. The van der Waals surface area contributed by atoms with Gasteiger partial charge in [0, 0.05) is 14.0 Å². The molecule has 1 aromatic carbocycles. The van der Waals surface area contributed by atoms with Gasteiger partial charge in [0.1, 0.15) is 0 Å². The third-order valence-corrected chi connectivity index (χ3v) is 1.37. The van der Waals surface area contributed by atoms with Crippen LogP contribution in [0.1, 0.15) is 27.8 Å². The van der Waals surface area contributed by atoms with Crippen molar-refractivity contribution in [2.24, 2.45) is 0 Å². The highest BCUT2D eigenvalue weighted by atomic mass is 16.1. The molecule has 1 aromatic rings. The number of carbonyl (C=O) groups is 1. The summed E-state index contributed by atoms with van der Waals surface area (Å²) < 4.78 is 0. The smallest absolute Gasteiger partial charge is 0.221 e. The maximum Gasteiger partial charge on any atom is 0.221 e. The largest absolute Gasteiger partial charge is 0.326 e. The molecule has 2 heteroatoms. The number of aryl methyl sites for hydroxylation is 1. The number of carbonyl (C=O) groups excluding carboxylic acids is 1. The number of hydrogen-bond donors (Lipinski definition) is 1. The van der Waals surface area contributed by atoms with Gasteiger partial charge in [-0.1, -0.05) is 31.5 Å². The Kier molecular flexibility index (Phi) is 5.60. The second-order valence-electron chi connectivity index (χ2n) is 2.55. The van der Waals surface area contributed by atoms with Crippen LogP contribution in [0.15, 0.2) is 24.3 Å². The Balaban J connectivity index is 0. The predicted molar refractivity (Wildman–Crippen MR) is 58.9 cm³/mol. The minimum Gasteiger partial charge on any atom is -0.326 e. The molecular formula is C11H19NO. The van der Waals surface area contributed by atoms with E-state index in [4.69, 9.17) is 0 Å². The first-order chi connectivity index (χ1) is 6.18. The maximum atomic E-state index is 10.6. The molecular weight excluding hydrogens is 162 g/mol. The normalized spacial score (nSPS) is 8.31. The molecule has 1 amide bonds. The van der Waals surface area contributed by atoms with Crippen molar-refractivity contribution in [3.05, 3.63) is 29.8 Å². The van der Waals surface area contributed by atoms with E-state index < -0.39 is 0 Å². The summed E-state index contributed by atoms with van der Waals surface area (Å²) in [5, 5.41) is 2.69. The van der Waals surface area contributed by atoms with Crippen molar-refractivity contribution in [3.8, 4) is 0 Å². The third kappa shape index (κ3) is 5.01. The maximum absolute atomic E-state index is 10.6.